The van der Waals surface area contributed by atoms with E-state index < -0.39 is 0 Å². The van der Waals surface area contributed by atoms with Gasteiger partial charge in [0.1, 0.15) is 0 Å². The maximum absolute atomic E-state index is 5.58. The van der Waals surface area contributed by atoms with Gasteiger partial charge in [0.15, 0.2) is 23.0 Å². The van der Waals surface area contributed by atoms with Crippen LogP contribution in [0.2, 0.25) is 0 Å². The molecule has 4 aromatic carbocycles. The number of hydrogen-bond acceptors (Lipinski definition) is 6. The normalized spacial score (nSPS) is 26.6. The molecule has 0 amide bonds. The molecule has 6 unspecified atom stereocenters. The van der Waals surface area contributed by atoms with Crippen LogP contribution in [0.15, 0.2) is 106 Å². The van der Waals surface area contributed by atoms with Crippen LogP contribution in [-0.2, 0) is 0 Å². The number of anilines is 2. The number of ether oxygens (including phenoxy) is 4. The molecule has 0 spiro atoms. The molecule has 0 saturated heterocycles. The summed E-state index contributed by atoms with van der Waals surface area (Å²) in [5, 5.41) is 7.50. The monoisotopic (exact) mass is 738 g/mol. The van der Waals surface area contributed by atoms with E-state index in [0.717, 1.165) is 44.8 Å². The van der Waals surface area contributed by atoms with Crippen molar-refractivity contribution < 1.29 is 18.9 Å². The average molecular weight is 740 g/mol. The average Bonchev–Trinajstić information content (AvgIpc) is 3.91. The van der Waals surface area contributed by atoms with Gasteiger partial charge in [-0.1, -0.05) is 92.6 Å². The van der Waals surface area contributed by atoms with Gasteiger partial charge in [-0.05, 0) is 83.3 Å². The lowest BCUT2D eigenvalue weighted by Gasteiger charge is -2.38. The number of hydrogen-bond donors (Lipinski definition) is 2. The minimum Gasteiger partial charge on any atom is -0.454 e. The van der Waals surface area contributed by atoms with Crippen molar-refractivity contribution in [3.63, 3.8) is 0 Å². The molecule has 6 atom stereocenters. The van der Waals surface area contributed by atoms with Crippen LogP contribution in [0.3, 0.4) is 0 Å². The highest BCUT2D eigenvalue weighted by Crippen LogP contribution is 2.53. The van der Waals surface area contributed by atoms with E-state index in [1.807, 2.05) is 12.1 Å². The Labute approximate surface area is 285 Å². The summed E-state index contributed by atoms with van der Waals surface area (Å²) >= 11 is 7.45. The van der Waals surface area contributed by atoms with E-state index in [0.29, 0.717) is 37.3 Å². The van der Waals surface area contributed by atoms with E-state index >= 15 is 0 Å². The summed E-state index contributed by atoms with van der Waals surface area (Å²) in [6, 6.07) is 26.1. The van der Waals surface area contributed by atoms with Gasteiger partial charge in [-0.15, -0.1) is 0 Å². The maximum Gasteiger partial charge on any atom is 0.231 e. The van der Waals surface area contributed by atoms with Gasteiger partial charge in [0.05, 0.1) is 12.1 Å². The third kappa shape index (κ3) is 4.71. The number of rotatable bonds is 2. The topological polar surface area (TPSA) is 61.0 Å². The second-order valence-corrected chi connectivity index (χ2v) is 14.3. The van der Waals surface area contributed by atoms with E-state index in [2.05, 4.69) is 127 Å². The lowest BCUT2D eigenvalue weighted by molar-refractivity contribution is 0.173. The highest BCUT2D eigenvalue weighted by Gasteiger charge is 2.40. The largest absolute Gasteiger partial charge is 0.454 e. The molecule has 232 valence electrons. The second-order valence-electron chi connectivity index (χ2n) is 12.6. The Kier molecular flexibility index (Phi) is 7.04. The molecule has 0 bridgehead atoms. The third-order valence-corrected chi connectivity index (χ3v) is 11.6. The Morgan fingerprint density at radius 1 is 0.522 bits per heavy atom. The highest BCUT2D eigenvalue weighted by atomic mass is 79.9. The van der Waals surface area contributed by atoms with E-state index in [9.17, 15) is 0 Å². The molecule has 4 aliphatic heterocycles. The Morgan fingerprint density at radius 2 is 0.935 bits per heavy atom. The fourth-order valence-corrected chi connectivity index (χ4v) is 9.18. The summed E-state index contributed by atoms with van der Waals surface area (Å²) in [4.78, 5) is 0. The zero-order chi connectivity index (χ0) is 30.8. The van der Waals surface area contributed by atoms with E-state index in [-0.39, 0.29) is 12.1 Å². The van der Waals surface area contributed by atoms with Crippen molar-refractivity contribution in [1.82, 2.24) is 0 Å². The van der Waals surface area contributed by atoms with Gasteiger partial charge in [0, 0.05) is 32.2 Å². The summed E-state index contributed by atoms with van der Waals surface area (Å²) in [5.74, 6) is 5.33. The minimum atomic E-state index is 0.258. The Bertz CT molecular complexity index is 1770. The third-order valence-electron chi connectivity index (χ3n) is 10.2. The summed E-state index contributed by atoms with van der Waals surface area (Å²) in [6.45, 7) is 0.611. The minimum absolute atomic E-state index is 0.258. The molecular formula is C38H32Br2N2O4. The van der Waals surface area contributed by atoms with Crippen LogP contribution in [0, 0.1) is 11.8 Å². The molecule has 46 heavy (non-hydrogen) atoms. The van der Waals surface area contributed by atoms with Crippen LogP contribution in [0.4, 0.5) is 11.4 Å². The van der Waals surface area contributed by atoms with Gasteiger partial charge in [-0.2, -0.15) is 0 Å². The fourth-order valence-electron chi connectivity index (χ4n) is 8.05. The van der Waals surface area contributed by atoms with Crippen LogP contribution in [0.5, 0.6) is 23.0 Å². The van der Waals surface area contributed by atoms with E-state index in [1.54, 1.807) is 0 Å². The Hall–Kier alpha value is -3.88. The highest BCUT2D eigenvalue weighted by molar-refractivity contribution is 9.10. The predicted octanol–water partition coefficient (Wildman–Crippen LogP) is 10.0. The molecule has 10 rings (SSSR count). The van der Waals surface area contributed by atoms with Crippen LogP contribution < -0.4 is 29.6 Å². The maximum atomic E-state index is 5.58. The van der Waals surface area contributed by atoms with Gasteiger partial charge in [0.2, 0.25) is 13.6 Å². The van der Waals surface area contributed by atoms with Gasteiger partial charge in [0.25, 0.3) is 0 Å². The number of allylic oxidation sites excluding steroid dienone is 4. The Balaban J connectivity index is 0.000000127. The van der Waals surface area contributed by atoms with E-state index in [4.69, 9.17) is 18.9 Å². The first-order valence-electron chi connectivity index (χ1n) is 15.8. The van der Waals surface area contributed by atoms with Gasteiger partial charge >= 0.3 is 0 Å². The summed E-state index contributed by atoms with van der Waals surface area (Å²) in [6.07, 6.45) is 11.5. The molecule has 6 nitrogen and oxygen atoms in total. The molecule has 0 radical (unpaired) electrons. The second kappa shape index (κ2) is 11.4. The van der Waals surface area contributed by atoms with Crippen molar-refractivity contribution >= 4 is 43.2 Å². The fraction of sp³-hybridized carbons (Fsp3) is 0.263. The summed E-state index contributed by atoms with van der Waals surface area (Å²) < 4.78 is 24.3. The van der Waals surface area contributed by atoms with Crippen molar-refractivity contribution in [1.29, 1.82) is 0 Å². The first-order chi connectivity index (χ1) is 22.6. The number of para-hydroxylation sites is 2. The zero-order valence-corrected chi connectivity index (χ0v) is 28.1. The quantitative estimate of drug-likeness (QED) is 0.200. The number of benzene rings is 4. The van der Waals surface area contributed by atoms with Gasteiger partial charge < -0.3 is 29.6 Å². The van der Waals surface area contributed by atoms with Crippen LogP contribution in [-0.4, -0.2) is 13.6 Å². The van der Waals surface area contributed by atoms with Crippen molar-refractivity contribution in [2.24, 2.45) is 11.8 Å². The first kappa shape index (κ1) is 28.4. The number of nitrogens with one attached hydrogen (secondary N) is 2. The zero-order valence-electron chi connectivity index (χ0n) is 24.9. The molecule has 0 fully saturated rings. The van der Waals surface area contributed by atoms with Crippen LogP contribution in [0.1, 0.15) is 59.0 Å². The molecular weight excluding hydrogens is 708 g/mol. The molecule has 6 aliphatic rings. The molecule has 4 heterocycles. The lowest BCUT2D eigenvalue weighted by Crippen LogP contribution is -2.29. The smallest absolute Gasteiger partial charge is 0.231 e. The summed E-state index contributed by atoms with van der Waals surface area (Å²) in [7, 11) is 0. The summed E-state index contributed by atoms with van der Waals surface area (Å²) in [5.41, 5.74) is 7.74. The SMILES string of the molecule is Brc1cc2c(cc1C1Nc3ccccc3C3C=CCC31)OCO2.Brc1cc2c(cc1C1Nc3ccccc3C3C=CCC31)OCO2. The van der Waals surface area contributed by atoms with Gasteiger partial charge in [-0.3, -0.25) is 0 Å². The van der Waals surface area contributed by atoms with Crippen molar-refractivity contribution in [3.8, 4) is 23.0 Å². The van der Waals surface area contributed by atoms with Crippen molar-refractivity contribution in [2.45, 2.75) is 36.8 Å². The number of fused-ring (bicyclic) bond motifs is 8. The predicted molar refractivity (Wildman–Crippen MR) is 186 cm³/mol. The van der Waals surface area contributed by atoms with E-state index in [1.165, 1.54) is 33.6 Å². The standard InChI is InChI=1S/2C19H16BrNO2/c2*20-15-9-18-17(22-10-23-18)8-14(15)19-13-6-3-5-11(13)12-4-1-2-7-16(12)21-19/h2*1-5,7-9,11,13,19,21H,6,10H2. The first-order valence-corrected chi connectivity index (χ1v) is 17.4. The lowest BCUT2D eigenvalue weighted by atomic mass is 9.77. The van der Waals surface area contributed by atoms with Crippen LogP contribution >= 0.6 is 31.9 Å². The van der Waals surface area contributed by atoms with Crippen molar-refractivity contribution in [2.75, 3.05) is 24.2 Å². The van der Waals surface area contributed by atoms with Crippen molar-refractivity contribution in [3.05, 3.63) is 128 Å². The molecule has 0 saturated carbocycles. The molecule has 4 aromatic rings. The van der Waals surface area contributed by atoms with Gasteiger partial charge in [-0.25, -0.2) is 0 Å². The molecule has 0 aromatic heterocycles. The Morgan fingerprint density at radius 3 is 1.39 bits per heavy atom. The molecule has 8 heteroatoms. The number of halogens is 2. The van der Waals surface area contributed by atoms with Crippen LogP contribution in [0.25, 0.3) is 0 Å². The molecule has 2 aliphatic carbocycles. The molecule has 2 N–H and O–H groups in total.